The molecule has 1 heterocycles. The van der Waals surface area contributed by atoms with Gasteiger partial charge >= 0.3 is 0 Å². The molecule has 1 amide bonds. The molecule has 0 saturated carbocycles. The van der Waals surface area contributed by atoms with Crippen molar-refractivity contribution in [2.45, 2.75) is 19.0 Å². The van der Waals surface area contributed by atoms with Gasteiger partial charge in [-0.15, -0.1) is 0 Å². The van der Waals surface area contributed by atoms with Gasteiger partial charge in [0.05, 0.1) is 0 Å². The Balaban J connectivity index is 2.19. The standard InChI is InChI=1S/C14H21N3O2/c1-10(11-4-3-5-12(18)8-11)17-7-6-16-9-13(17)14(19)15-2/h3-5,8,10,13,16,18H,6-7,9H2,1-2H3,(H,15,19). The first-order chi connectivity index (χ1) is 9.13. The molecule has 0 spiro atoms. The Morgan fingerprint density at radius 2 is 2.37 bits per heavy atom. The molecule has 0 aromatic heterocycles. The van der Waals surface area contributed by atoms with Gasteiger partial charge in [0.15, 0.2) is 0 Å². The zero-order chi connectivity index (χ0) is 13.8. The number of likely N-dealkylation sites (N-methyl/N-ethyl adjacent to an activating group) is 1. The van der Waals surface area contributed by atoms with Gasteiger partial charge in [0.1, 0.15) is 11.8 Å². The number of phenolic OH excluding ortho intramolecular Hbond substituents is 1. The Hall–Kier alpha value is -1.59. The minimum Gasteiger partial charge on any atom is -0.508 e. The van der Waals surface area contributed by atoms with Gasteiger partial charge in [-0.2, -0.15) is 0 Å². The summed E-state index contributed by atoms with van der Waals surface area (Å²) in [5.41, 5.74) is 1.02. The van der Waals surface area contributed by atoms with Gasteiger partial charge in [-0.25, -0.2) is 0 Å². The van der Waals surface area contributed by atoms with E-state index in [4.69, 9.17) is 0 Å². The SMILES string of the molecule is CNC(=O)C1CNCCN1C(C)c1cccc(O)c1. The van der Waals surface area contributed by atoms with Crippen LogP contribution in [0, 0.1) is 0 Å². The fourth-order valence-corrected chi connectivity index (χ4v) is 2.57. The normalized spacial score (nSPS) is 21.9. The van der Waals surface area contributed by atoms with Crippen LogP contribution in [-0.4, -0.2) is 48.6 Å². The lowest BCUT2D eigenvalue weighted by Crippen LogP contribution is -2.57. The lowest BCUT2D eigenvalue weighted by Gasteiger charge is -2.39. The van der Waals surface area contributed by atoms with E-state index in [1.165, 1.54) is 0 Å². The number of nitrogens with zero attached hydrogens (tertiary/aromatic N) is 1. The second-order valence-electron chi connectivity index (χ2n) is 4.84. The van der Waals surface area contributed by atoms with Gasteiger partial charge in [0, 0.05) is 32.7 Å². The van der Waals surface area contributed by atoms with E-state index in [-0.39, 0.29) is 23.7 Å². The average molecular weight is 263 g/mol. The van der Waals surface area contributed by atoms with Crippen LogP contribution in [0.1, 0.15) is 18.5 Å². The van der Waals surface area contributed by atoms with Gasteiger partial charge in [-0.1, -0.05) is 12.1 Å². The quantitative estimate of drug-likeness (QED) is 0.742. The van der Waals surface area contributed by atoms with Crippen LogP contribution in [0.4, 0.5) is 0 Å². The summed E-state index contributed by atoms with van der Waals surface area (Å²) >= 11 is 0. The number of hydrogen-bond acceptors (Lipinski definition) is 4. The molecule has 0 aliphatic carbocycles. The summed E-state index contributed by atoms with van der Waals surface area (Å²) < 4.78 is 0. The molecule has 2 unspecified atom stereocenters. The predicted octanol–water partition coefficient (Wildman–Crippen LogP) is 0.473. The van der Waals surface area contributed by atoms with Crippen molar-refractivity contribution in [1.82, 2.24) is 15.5 Å². The number of amides is 1. The molecule has 0 bridgehead atoms. The van der Waals surface area contributed by atoms with Crippen LogP contribution in [0.5, 0.6) is 5.75 Å². The molecule has 5 nitrogen and oxygen atoms in total. The summed E-state index contributed by atoms with van der Waals surface area (Å²) in [7, 11) is 1.66. The second kappa shape index (κ2) is 6.04. The van der Waals surface area contributed by atoms with Crippen molar-refractivity contribution in [2.24, 2.45) is 0 Å². The largest absolute Gasteiger partial charge is 0.508 e. The lowest BCUT2D eigenvalue weighted by atomic mass is 10.0. The minimum atomic E-state index is -0.170. The first-order valence-electron chi connectivity index (χ1n) is 6.60. The van der Waals surface area contributed by atoms with E-state index in [1.807, 2.05) is 12.1 Å². The molecule has 1 saturated heterocycles. The summed E-state index contributed by atoms with van der Waals surface area (Å²) in [4.78, 5) is 14.1. The van der Waals surface area contributed by atoms with E-state index in [2.05, 4.69) is 22.5 Å². The third kappa shape index (κ3) is 3.05. The van der Waals surface area contributed by atoms with Crippen molar-refractivity contribution in [1.29, 1.82) is 0 Å². The maximum Gasteiger partial charge on any atom is 0.238 e. The van der Waals surface area contributed by atoms with Crippen LogP contribution in [0.2, 0.25) is 0 Å². The average Bonchev–Trinajstić information content (AvgIpc) is 2.45. The van der Waals surface area contributed by atoms with E-state index in [9.17, 15) is 9.90 Å². The number of benzene rings is 1. The van der Waals surface area contributed by atoms with Crippen LogP contribution < -0.4 is 10.6 Å². The highest BCUT2D eigenvalue weighted by Crippen LogP contribution is 2.25. The first kappa shape index (κ1) is 13.8. The zero-order valence-corrected chi connectivity index (χ0v) is 11.4. The molecule has 3 N–H and O–H groups in total. The molecule has 104 valence electrons. The summed E-state index contributed by atoms with van der Waals surface area (Å²) in [6.07, 6.45) is 0. The van der Waals surface area contributed by atoms with E-state index in [0.29, 0.717) is 6.54 Å². The van der Waals surface area contributed by atoms with Gasteiger partial charge < -0.3 is 15.7 Å². The summed E-state index contributed by atoms with van der Waals surface area (Å²) in [6.45, 7) is 4.41. The Bertz CT molecular complexity index is 450. The van der Waals surface area contributed by atoms with Crippen LogP contribution >= 0.6 is 0 Å². The molecular formula is C14H21N3O2. The van der Waals surface area contributed by atoms with Gasteiger partial charge in [-0.05, 0) is 24.6 Å². The van der Waals surface area contributed by atoms with E-state index in [1.54, 1.807) is 19.2 Å². The number of carbonyl (C=O) groups excluding carboxylic acids is 1. The van der Waals surface area contributed by atoms with Crippen molar-refractivity contribution in [3.63, 3.8) is 0 Å². The van der Waals surface area contributed by atoms with Crippen molar-refractivity contribution >= 4 is 5.91 Å². The molecule has 1 aliphatic heterocycles. The highest BCUT2D eigenvalue weighted by molar-refractivity contribution is 5.81. The van der Waals surface area contributed by atoms with Gasteiger partial charge in [-0.3, -0.25) is 9.69 Å². The minimum absolute atomic E-state index is 0.0270. The van der Waals surface area contributed by atoms with Crippen molar-refractivity contribution in [3.05, 3.63) is 29.8 Å². The molecule has 2 atom stereocenters. The first-order valence-corrected chi connectivity index (χ1v) is 6.60. The van der Waals surface area contributed by atoms with Gasteiger partial charge in [0.25, 0.3) is 0 Å². The molecular weight excluding hydrogens is 242 g/mol. The molecule has 2 rings (SSSR count). The Morgan fingerprint density at radius 1 is 1.58 bits per heavy atom. The van der Waals surface area contributed by atoms with Crippen molar-refractivity contribution in [3.8, 4) is 5.75 Å². The van der Waals surface area contributed by atoms with Crippen LogP contribution in [0.15, 0.2) is 24.3 Å². The summed E-state index contributed by atoms with van der Waals surface area (Å²) in [5, 5.41) is 15.5. The number of phenols is 1. The maximum atomic E-state index is 11.9. The summed E-state index contributed by atoms with van der Waals surface area (Å²) in [6, 6.07) is 7.15. The van der Waals surface area contributed by atoms with E-state index in [0.717, 1.165) is 18.7 Å². The molecule has 1 aromatic rings. The predicted molar refractivity (Wildman–Crippen MR) is 74.0 cm³/mol. The molecule has 5 heteroatoms. The molecule has 19 heavy (non-hydrogen) atoms. The third-order valence-corrected chi connectivity index (χ3v) is 3.68. The Labute approximate surface area is 113 Å². The molecule has 0 radical (unpaired) electrons. The van der Waals surface area contributed by atoms with E-state index < -0.39 is 0 Å². The highest BCUT2D eigenvalue weighted by atomic mass is 16.3. The smallest absolute Gasteiger partial charge is 0.238 e. The van der Waals surface area contributed by atoms with Crippen LogP contribution in [0.3, 0.4) is 0 Å². The fourth-order valence-electron chi connectivity index (χ4n) is 2.57. The topological polar surface area (TPSA) is 64.6 Å². The number of hydrogen-bond donors (Lipinski definition) is 3. The van der Waals surface area contributed by atoms with Crippen molar-refractivity contribution in [2.75, 3.05) is 26.7 Å². The second-order valence-corrected chi connectivity index (χ2v) is 4.84. The molecule has 1 aromatic carbocycles. The third-order valence-electron chi connectivity index (χ3n) is 3.68. The van der Waals surface area contributed by atoms with Gasteiger partial charge in [0.2, 0.25) is 5.91 Å². The number of carbonyl (C=O) groups is 1. The summed E-state index contributed by atoms with van der Waals surface area (Å²) in [5.74, 6) is 0.287. The fraction of sp³-hybridized carbons (Fsp3) is 0.500. The molecule has 1 aliphatic rings. The van der Waals surface area contributed by atoms with Crippen LogP contribution in [0.25, 0.3) is 0 Å². The van der Waals surface area contributed by atoms with Crippen molar-refractivity contribution < 1.29 is 9.90 Å². The maximum absolute atomic E-state index is 11.9. The zero-order valence-electron chi connectivity index (χ0n) is 11.4. The molecule has 1 fully saturated rings. The van der Waals surface area contributed by atoms with Crippen LogP contribution in [-0.2, 0) is 4.79 Å². The number of nitrogens with one attached hydrogen (secondary N) is 2. The monoisotopic (exact) mass is 263 g/mol. The number of rotatable bonds is 3. The Kier molecular flexibility index (Phi) is 4.39. The number of aromatic hydroxyl groups is 1. The highest BCUT2D eigenvalue weighted by Gasteiger charge is 2.31. The Morgan fingerprint density at radius 3 is 3.05 bits per heavy atom. The number of piperazine rings is 1. The van der Waals surface area contributed by atoms with E-state index >= 15 is 0 Å². The lowest BCUT2D eigenvalue weighted by molar-refractivity contribution is -0.127.